The lowest BCUT2D eigenvalue weighted by molar-refractivity contribution is -0.384. The van der Waals surface area contributed by atoms with Gasteiger partial charge < -0.3 is 15.6 Å². The predicted octanol–water partition coefficient (Wildman–Crippen LogP) is 0.593. The van der Waals surface area contributed by atoms with Crippen molar-refractivity contribution in [2.24, 2.45) is 0 Å². The van der Waals surface area contributed by atoms with Gasteiger partial charge in [-0.25, -0.2) is 0 Å². The van der Waals surface area contributed by atoms with E-state index < -0.39 is 6.10 Å². The van der Waals surface area contributed by atoms with Crippen molar-refractivity contribution in [3.63, 3.8) is 0 Å². The summed E-state index contributed by atoms with van der Waals surface area (Å²) in [6.07, 6.45) is -0.481. The largest absolute Gasteiger partial charge is 0.490 e. The van der Waals surface area contributed by atoms with Gasteiger partial charge in [-0.15, -0.1) is 0 Å². The second-order valence-corrected chi connectivity index (χ2v) is 3.96. The molecule has 0 spiro atoms. The molecule has 0 amide bonds. The summed E-state index contributed by atoms with van der Waals surface area (Å²) in [6.45, 7) is 6.92. The number of aliphatic hydroxyl groups is 1. The molecule has 3 heteroatoms. The summed E-state index contributed by atoms with van der Waals surface area (Å²) in [7, 11) is 0. The van der Waals surface area contributed by atoms with Gasteiger partial charge in [-0.1, -0.05) is 6.07 Å². The van der Waals surface area contributed by atoms with Gasteiger partial charge in [0.2, 0.25) is 0 Å². The molecule has 0 saturated heterocycles. The minimum Gasteiger partial charge on any atom is -0.490 e. The Labute approximate surface area is 90.9 Å². The molecule has 3 nitrogen and oxygen atoms in total. The number of hydrogen-bond acceptors (Lipinski definition) is 2. The summed E-state index contributed by atoms with van der Waals surface area (Å²) in [5, 5.41) is 9.36. The second kappa shape index (κ2) is 5.14. The lowest BCUT2D eigenvalue weighted by Gasteiger charge is -2.13. The average Bonchev–Trinajstić information content (AvgIpc) is 2.20. The van der Waals surface area contributed by atoms with Gasteiger partial charge in [0.25, 0.3) is 0 Å². The number of quaternary nitrogens is 1. The highest BCUT2D eigenvalue weighted by Crippen LogP contribution is 2.23. The third-order valence-corrected chi connectivity index (χ3v) is 2.53. The van der Waals surface area contributed by atoms with Crippen molar-refractivity contribution in [3.8, 4) is 5.75 Å². The van der Waals surface area contributed by atoms with Crippen LogP contribution < -0.4 is 10.5 Å². The molecule has 0 fully saturated rings. The van der Waals surface area contributed by atoms with E-state index in [0.29, 0.717) is 13.2 Å². The molecule has 0 aliphatic carbocycles. The highest BCUT2D eigenvalue weighted by atomic mass is 16.5. The topological polar surface area (TPSA) is 57.1 Å². The van der Waals surface area contributed by atoms with E-state index in [-0.39, 0.29) is 0 Å². The molecule has 0 bridgehead atoms. The van der Waals surface area contributed by atoms with E-state index in [1.807, 2.05) is 19.9 Å². The molecule has 1 rings (SSSR count). The fourth-order valence-electron chi connectivity index (χ4n) is 1.42. The maximum Gasteiger partial charge on any atom is 0.136 e. The Kier molecular flexibility index (Phi) is 4.12. The molecule has 0 aromatic heterocycles. The Morgan fingerprint density at radius 3 is 2.60 bits per heavy atom. The van der Waals surface area contributed by atoms with Crippen molar-refractivity contribution in [1.82, 2.24) is 0 Å². The zero-order chi connectivity index (χ0) is 11.4. The van der Waals surface area contributed by atoms with Crippen LogP contribution in [0.1, 0.15) is 16.7 Å². The Hall–Kier alpha value is -1.06. The number of rotatable bonds is 4. The first-order valence-corrected chi connectivity index (χ1v) is 5.22. The summed E-state index contributed by atoms with van der Waals surface area (Å²) < 4.78 is 5.56. The molecule has 0 aliphatic rings. The van der Waals surface area contributed by atoms with E-state index in [0.717, 1.165) is 11.3 Å². The lowest BCUT2D eigenvalue weighted by atomic mass is 10.1. The number of aryl methyl sites for hydroxylation is 2. The Balaban J connectivity index is 2.76. The van der Waals surface area contributed by atoms with Crippen molar-refractivity contribution in [2.45, 2.75) is 26.9 Å². The molecular weight excluding hydrogens is 190 g/mol. The van der Waals surface area contributed by atoms with Crippen LogP contribution in [0.25, 0.3) is 0 Å². The number of hydrogen-bond donors (Lipinski definition) is 2. The van der Waals surface area contributed by atoms with Crippen molar-refractivity contribution in [1.29, 1.82) is 0 Å². The lowest BCUT2D eigenvalue weighted by Crippen LogP contribution is -2.56. The molecule has 0 unspecified atom stereocenters. The van der Waals surface area contributed by atoms with Gasteiger partial charge in [0.1, 0.15) is 25.0 Å². The summed E-state index contributed by atoms with van der Waals surface area (Å²) in [4.78, 5) is 0. The van der Waals surface area contributed by atoms with Crippen LogP contribution in [0.3, 0.4) is 0 Å². The van der Waals surface area contributed by atoms with Crippen molar-refractivity contribution >= 4 is 0 Å². The van der Waals surface area contributed by atoms with Gasteiger partial charge in [0, 0.05) is 0 Å². The third kappa shape index (κ3) is 3.22. The molecule has 15 heavy (non-hydrogen) atoms. The second-order valence-electron chi connectivity index (χ2n) is 3.96. The van der Waals surface area contributed by atoms with Crippen LogP contribution in [0.5, 0.6) is 5.75 Å². The predicted molar refractivity (Wildman–Crippen MR) is 59.9 cm³/mol. The zero-order valence-corrected chi connectivity index (χ0v) is 9.71. The van der Waals surface area contributed by atoms with Gasteiger partial charge >= 0.3 is 0 Å². The first-order valence-electron chi connectivity index (χ1n) is 5.22. The molecule has 0 heterocycles. The number of benzene rings is 1. The van der Waals surface area contributed by atoms with Gasteiger partial charge in [0.05, 0.1) is 0 Å². The fraction of sp³-hybridized carbons (Fsp3) is 0.500. The maximum atomic E-state index is 9.36. The van der Waals surface area contributed by atoms with Gasteiger partial charge in [-0.2, -0.15) is 0 Å². The molecule has 84 valence electrons. The summed E-state index contributed by atoms with van der Waals surface area (Å²) >= 11 is 0. The van der Waals surface area contributed by atoms with Crippen LogP contribution in [-0.2, 0) is 0 Å². The highest BCUT2D eigenvalue weighted by molar-refractivity contribution is 5.41. The standard InChI is InChI=1S/C12H19NO2/c1-8-4-9(2)10(3)12(5-8)15-7-11(14)6-13/h4-5,11,14H,6-7,13H2,1-3H3/p+1/t11-/m1/s1. The van der Waals surface area contributed by atoms with E-state index in [4.69, 9.17) is 4.74 Å². The summed E-state index contributed by atoms with van der Waals surface area (Å²) in [5.74, 6) is 0.861. The molecule has 1 aromatic carbocycles. The van der Waals surface area contributed by atoms with E-state index in [9.17, 15) is 5.11 Å². The normalized spacial score (nSPS) is 12.6. The third-order valence-electron chi connectivity index (χ3n) is 2.53. The van der Waals surface area contributed by atoms with E-state index in [1.165, 1.54) is 11.1 Å². The van der Waals surface area contributed by atoms with Crippen LogP contribution in [0, 0.1) is 20.8 Å². The number of ether oxygens (including phenoxy) is 1. The van der Waals surface area contributed by atoms with Crippen LogP contribution in [0.15, 0.2) is 12.1 Å². The molecule has 1 aromatic rings. The Bertz CT molecular complexity index is 337. The minimum absolute atomic E-state index is 0.313. The van der Waals surface area contributed by atoms with E-state index in [1.54, 1.807) is 0 Å². The zero-order valence-electron chi connectivity index (χ0n) is 9.71. The first kappa shape index (κ1) is 12.0. The molecule has 4 N–H and O–H groups in total. The molecule has 0 aliphatic heterocycles. The van der Waals surface area contributed by atoms with Crippen molar-refractivity contribution in [2.75, 3.05) is 13.2 Å². The smallest absolute Gasteiger partial charge is 0.136 e. The van der Waals surface area contributed by atoms with Crippen LogP contribution in [-0.4, -0.2) is 24.4 Å². The number of aliphatic hydroxyl groups excluding tert-OH is 1. The SMILES string of the molecule is Cc1cc(C)c(C)c(OC[C@H](O)C[NH3+])c1. The van der Waals surface area contributed by atoms with E-state index >= 15 is 0 Å². The Morgan fingerprint density at radius 1 is 1.33 bits per heavy atom. The molecular formula is C12H20NO2+. The first-order chi connectivity index (χ1) is 7.04. The van der Waals surface area contributed by atoms with Crippen LogP contribution in [0.2, 0.25) is 0 Å². The van der Waals surface area contributed by atoms with Crippen molar-refractivity contribution < 1.29 is 15.6 Å². The van der Waals surface area contributed by atoms with Crippen LogP contribution in [0.4, 0.5) is 0 Å². The Morgan fingerprint density at radius 2 is 2.00 bits per heavy atom. The van der Waals surface area contributed by atoms with Gasteiger partial charge in [-0.05, 0) is 43.5 Å². The monoisotopic (exact) mass is 210 g/mol. The van der Waals surface area contributed by atoms with E-state index in [2.05, 4.69) is 18.7 Å². The highest BCUT2D eigenvalue weighted by Gasteiger charge is 2.07. The van der Waals surface area contributed by atoms with Gasteiger partial charge in [-0.3, -0.25) is 0 Å². The fourth-order valence-corrected chi connectivity index (χ4v) is 1.42. The summed E-state index contributed by atoms with van der Waals surface area (Å²) in [5.41, 5.74) is 7.16. The minimum atomic E-state index is -0.481. The van der Waals surface area contributed by atoms with Crippen molar-refractivity contribution in [3.05, 3.63) is 28.8 Å². The average molecular weight is 210 g/mol. The van der Waals surface area contributed by atoms with Crippen LogP contribution >= 0.6 is 0 Å². The quantitative estimate of drug-likeness (QED) is 0.764. The maximum absolute atomic E-state index is 9.36. The summed E-state index contributed by atoms with van der Waals surface area (Å²) in [6, 6.07) is 4.12. The molecule has 0 saturated carbocycles. The molecule has 0 radical (unpaired) electrons. The van der Waals surface area contributed by atoms with Gasteiger partial charge in [0.15, 0.2) is 0 Å². The molecule has 1 atom stereocenters.